The number of hydrogen-bond acceptors (Lipinski definition) is 7. The fourth-order valence-corrected chi connectivity index (χ4v) is 5.75. The summed E-state index contributed by atoms with van der Waals surface area (Å²) in [7, 11) is 1.91. The van der Waals surface area contributed by atoms with Crippen molar-refractivity contribution in [2.24, 2.45) is 0 Å². The largest absolute Gasteiger partial charge is 0.494 e. The van der Waals surface area contributed by atoms with Crippen LogP contribution in [0.4, 0.5) is 5.13 Å². The van der Waals surface area contributed by atoms with Crippen LogP contribution in [0.2, 0.25) is 5.02 Å². The second-order valence-electron chi connectivity index (χ2n) is 7.51. The number of aromatic nitrogens is 1. The van der Waals surface area contributed by atoms with Gasteiger partial charge in [0.2, 0.25) is 5.91 Å². The third kappa shape index (κ3) is 5.78. The summed E-state index contributed by atoms with van der Waals surface area (Å²) < 4.78 is 31.4. The maximum Gasteiger partial charge on any atom is 0.229 e. The van der Waals surface area contributed by atoms with Crippen LogP contribution in [-0.2, 0) is 14.6 Å². The smallest absolute Gasteiger partial charge is 0.229 e. The first kappa shape index (κ1) is 24.4. The van der Waals surface area contributed by atoms with Gasteiger partial charge in [0, 0.05) is 13.0 Å². The molecule has 0 aliphatic carbocycles. The van der Waals surface area contributed by atoms with Gasteiger partial charge in [0.15, 0.2) is 15.0 Å². The zero-order valence-corrected chi connectivity index (χ0v) is 20.6. The minimum atomic E-state index is -3.56. The highest BCUT2D eigenvalue weighted by atomic mass is 35.5. The highest BCUT2D eigenvalue weighted by Crippen LogP contribution is 2.39. The van der Waals surface area contributed by atoms with E-state index in [2.05, 4.69) is 4.98 Å². The Kier molecular flexibility index (Phi) is 8.10. The third-order valence-corrected chi connectivity index (χ3v) is 8.14. The SMILES string of the molecule is COc1ccc(Cl)c2sc(N(CCCN(C)C)C(=O)CCS(=O)(=O)c3ccccc3)nc12. The van der Waals surface area contributed by atoms with Crippen molar-refractivity contribution in [3.63, 3.8) is 0 Å². The number of hydrogen-bond donors (Lipinski definition) is 0. The molecule has 0 spiro atoms. The van der Waals surface area contributed by atoms with E-state index in [9.17, 15) is 13.2 Å². The summed E-state index contributed by atoms with van der Waals surface area (Å²) in [5, 5.41) is 1.00. The normalized spacial score (nSPS) is 11.8. The van der Waals surface area contributed by atoms with Crippen molar-refractivity contribution in [1.29, 1.82) is 0 Å². The van der Waals surface area contributed by atoms with Crippen LogP contribution in [0.15, 0.2) is 47.4 Å². The number of amides is 1. The standard InChI is InChI=1S/C22H26ClN3O4S2/c1-25(2)13-7-14-26(19(27)12-15-32(28,29)16-8-5-4-6-9-16)22-24-20-18(30-3)11-10-17(23)21(20)31-22/h4-6,8-11H,7,12-15H2,1-3H3. The molecule has 172 valence electrons. The van der Waals surface area contributed by atoms with Crippen LogP contribution < -0.4 is 9.64 Å². The fourth-order valence-electron chi connectivity index (χ4n) is 3.20. The van der Waals surface area contributed by atoms with E-state index in [-0.39, 0.29) is 23.0 Å². The van der Waals surface area contributed by atoms with Crippen LogP contribution in [0.1, 0.15) is 12.8 Å². The number of carbonyl (C=O) groups excluding carboxylic acids is 1. The molecule has 0 saturated carbocycles. The Balaban J connectivity index is 1.86. The van der Waals surface area contributed by atoms with Gasteiger partial charge in [-0.3, -0.25) is 9.69 Å². The van der Waals surface area contributed by atoms with E-state index in [0.29, 0.717) is 34.4 Å². The summed E-state index contributed by atoms with van der Waals surface area (Å²) in [4.78, 5) is 21.6. The summed E-state index contributed by atoms with van der Waals surface area (Å²) in [6.07, 6.45) is 0.574. The van der Waals surface area contributed by atoms with E-state index in [1.807, 2.05) is 19.0 Å². The molecule has 0 saturated heterocycles. The average Bonchev–Trinajstić information content (AvgIpc) is 3.22. The number of benzene rings is 2. The maximum absolute atomic E-state index is 13.2. The van der Waals surface area contributed by atoms with E-state index < -0.39 is 9.84 Å². The lowest BCUT2D eigenvalue weighted by atomic mass is 10.3. The first-order valence-electron chi connectivity index (χ1n) is 10.1. The number of ether oxygens (including phenoxy) is 1. The van der Waals surface area contributed by atoms with Gasteiger partial charge in [0.1, 0.15) is 11.3 Å². The second kappa shape index (κ2) is 10.6. The second-order valence-corrected chi connectivity index (χ2v) is 11.0. The Morgan fingerprint density at radius 3 is 2.50 bits per heavy atom. The van der Waals surface area contributed by atoms with Crippen LogP contribution >= 0.6 is 22.9 Å². The highest BCUT2D eigenvalue weighted by Gasteiger charge is 2.24. The van der Waals surface area contributed by atoms with E-state index in [4.69, 9.17) is 16.3 Å². The molecule has 0 fully saturated rings. The molecule has 0 unspecified atom stereocenters. The van der Waals surface area contributed by atoms with Crippen LogP contribution in [0, 0.1) is 0 Å². The Morgan fingerprint density at radius 2 is 1.84 bits per heavy atom. The van der Waals surface area contributed by atoms with Crippen molar-refractivity contribution < 1.29 is 17.9 Å². The molecule has 3 aromatic rings. The minimum absolute atomic E-state index is 0.139. The van der Waals surface area contributed by atoms with E-state index in [1.54, 1.807) is 42.3 Å². The predicted molar refractivity (Wildman–Crippen MR) is 130 cm³/mol. The van der Waals surface area contributed by atoms with E-state index >= 15 is 0 Å². The Labute approximate surface area is 197 Å². The molecule has 32 heavy (non-hydrogen) atoms. The van der Waals surface area contributed by atoms with E-state index in [1.165, 1.54) is 23.5 Å². The Hall–Kier alpha value is -2.20. The fraction of sp³-hybridized carbons (Fsp3) is 0.364. The molecular formula is C22H26ClN3O4S2. The molecule has 3 rings (SSSR count). The molecule has 0 aliphatic rings. The van der Waals surface area contributed by atoms with Gasteiger partial charge in [-0.25, -0.2) is 13.4 Å². The molecule has 2 aromatic carbocycles. The zero-order chi connectivity index (χ0) is 23.3. The number of carbonyl (C=O) groups is 1. The lowest BCUT2D eigenvalue weighted by Crippen LogP contribution is -2.34. The number of halogens is 1. The molecule has 1 heterocycles. The van der Waals surface area contributed by atoms with Gasteiger partial charge in [-0.1, -0.05) is 41.1 Å². The lowest BCUT2D eigenvalue weighted by molar-refractivity contribution is -0.118. The summed E-state index contributed by atoms with van der Waals surface area (Å²) in [5.74, 6) is 0.00583. The minimum Gasteiger partial charge on any atom is -0.494 e. The van der Waals surface area contributed by atoms with Gasteiger partial charge in [0.05, 0.1) is 27.5 Å². The molecule has 10 heteroatoms. The quantitative estimate of drug-likeness (QED) is 0.421. The topological polar surface area (TPSA) is 79.8 Å². The lowest BCUT2D eigenvalue weighted by Gasteiger charge is -2.21. The first-order chi connectivity index (χ1) is 15.2. The molecule has 1 amide bonds. The summed E-state index contributed by atoms with van der Waals surface area (Å²) in [6.45, 7) is 1.20. The Morgan fingerprint density at radius 1 is 1.12 bits per heavy atom. The molecule has 0 aliphatic heterocycles. The maximum atomic E-state index is 13.2. The number of anilines is 1. The van der Waals surface area contributed by atoms with Gasteiger partial charge in [-0.15, -0.1) is 0 Å². The van der Waals surface area contributed by atoms with Gasteiger partial charge >= 0.3 is 0 Å². The van der Waals surface area contributed by atoms with Gasteiger partial charge in [0.25, 0.3) is 0 Å². The predicted octanol–water partition coefficient (Wildman–Crippen LogP) is 4.11. The molecule has 0 radical (unpaired) electrons. The van der Waals surface area contributed by atoms with Gasteiger partial charge in [-0.05, 0) is 51.3 Å². The number of sulfone groups is 1. The molecular weight excluding hydrogens is 470 g/mol. The molecule has 0 bridgehead atoms. The van der Waals surface area contributed by atoms with Crippen molar-refractivity contribution >= 4 is 54.0 Å². The molecule has 0 atom stereocenters. The van der Waals surface area contributed by atoms with Gasteiger partial charge in [-0.2, -0.15) is 0 Å². The first-order valence-corrected chi connectivity index (χ1v) is 12.9. The summed E-state index contributed by atoms with van der Waals surface area (Å²) >= 11 is 7.64. The number of nitrogens with zero attached hydrogens (tertiary/aromatic N) is 3. The van der Waals surface area contributed by atoms with Crippen LogP contribution in [0.25, 0.3) is 10.2 Å². The zero-order valence-electron chi connectivity index (χ0n) is 18.2. The highest BCUT2D eigenvalue weighted by molar-refractivity contribution is 7.91. The molecule has 0 N–H and O–H groups in total. The van der Waals surface area contributed by atoms with Crippen LogP contribution in [0.5, 0.6) is 5.75 Å². The van der Waals surface area contributed by atoms with Crippen molar-refractivity contribution in [3.05, 3.63) is 47.5 Å². The van der Waals surface area contributed by atoms with Crippen molar-refractivity contribution in [2.45, 2.75) is 17.7 Å². The number of fused-ring (bicyclic) bond motifs is 1. The molecule has 7 nitrogen and oxygen atoms in total. The van der Waals surface area contributed by atoms with E-state index in [0.717, 1.165) is 11.2 Å². The van der Waals surface area contributed by atoms with Crippen molar-refractivity contribution in [1.82, 2.24) is 9.88 Å². The number of rotatable bonds is 10. The van der Waals surface area contributed by atoms with Crippen molar-refractivity contribution in [3.8, 4) is 5.75 Å². The van der Waals surface area contributed by atoms with Gasteiger partial charge < -0.3 is 9.64 Å². The average molecular weight is 496 g/mol. The van der Waals surface area contributed by atoms with Crippen LogP contribution in [0.3, 0.4) is 0 Å². The number of methoxy groups -OCH3 is 1. The van der Waals surface area contributed by atoms with Crippen LogP contribution in [-0.4, -0.2) is 64.3 Å². The monoisotopic (exact) mass is 495 g/mol. The Bertz CT molecular complexity index is 1180. The van der Waals surface area contributed by atoms with Crippen molar-refractivity contribution in [2.75, 3.05) is 44.9 Å². The molecule has 1 aromatic heterocycles. The third-order valence-electron chi connectivity index (χ3n) is 4.87. The number of thiazole rings is 1. The summed E-state index contributed by atoms with van der Waals surface area (Å²) in [5.41, 5.74) is 0.585. The summed E-state index contributed by atoms with van der Waals surface area (Å²) in [6, 6.07) is 11.6.